The molecule has 142 valence electrons. The Kier molecular flexibility index (Phi) is 14.4. The summed E-state index contributed by atoms with van der Waals surface area (Å²) in [5.74, 6) is 0.895. The molecule has 0 amide bonds. The minimum absolute atomic E-state index is 0. The summed E-state index contributed by atoms with van der Waals surface area (Å²) in [4.78, 5) is 18.5. The van der Waals surface area contributed by atoms with Crippen LogP contribution in [0.4, 0.5) is 0 Å². The average Bonchev–Trinajstić information content (AvgIpc) is 2.59. The molecule has 1 rings (SSSR count). The maximum absolute atomic E-state index is 11.6. The summed E-state index contributed by atoms with van der Waals surface area (Å²) in [5.41, 5.74) is 0. The van der Waals surface area contributed by atoms with E-state index in [1.54, 1.807) is 0 Å². The Hall–Kier alpha value is -0.570. The van der Waals surface area contributed by atoms with E-state index in [0.29, 0.717) is 0 Å². The molecule has 0 atom stereocenters. The summed E-state index contributed by atoms with van der Waals surface area (Å²) >= 11 is 0. The van der Waals surface area contributed by atoms with Gasteiger partial charge in [0.05, 0.1) is 13.0 Å². The van der Waals surface area contributed by atoms with Crippen molar-refractivity contribution >= 4 is 35.9 Å². The minimum atomic E-state index is -0.0872. The van der Waals surface area contributed by atoms with E-state index in [9.17, 15) is 4.79 Å². The number of hydrogen-bond donors (Lipinski definition) is 1. The summed E-state index contributed by atoms with van der Waals surface area (Å²) in [6.45, 7) is 9.17. The topological polar surface area (TPSA) is 63.2 Å². The molecule has 0 bridgehead atoms. The third-order valence-electron chi connectivity index (χ3n) is 4.01. The molecule has 1 aliphatic heterocycles. The van der Waals surface area contributed by atoms with Gasteiger partial charge in [0.15, 0.2) is 5.96 Å². The Balaban J connectivity index is 0.00000529. The molecule has 0 spiro atoms. The van der Waals surface area contributed by atoms with Gasteiger partial charge in [-0.1, -0.05) is 13.3 Å². The van der Waals surface area contributed by atoms with E-state index in [-0.39, 0.29) is 35.9 Å². The fourth-order valence-electron chi connectivity index (χ4n) is 2.62. The number of carbonyl (C=O) groups excluding carboxylic acids is 1. The van der Waals surface area contributed by atoms with Gasteiger partial charge >= 0.3 is 5.97 Å². The maximum Gasteiger partial charge on any atom is 0.308 e. The van der Waals surface area contributed by atoms with Gasteiger partial charge in [0.1, 0.15) is 0 Å². The highest BCUT2D eigenvalue weighted by Gasteiger charge is 2.26. The van der Waals surface area contributed by atoms with E-state index in [1.165, 1.54) is 13.5 Å². The van der Waals surface area contributed by atoms with Crippen LogP contribution in [0.3, 0.4) is 0 Å². The molecule has 24 heavy (non-hydrogen) atoms. The first-order valence-corrected chi connectivity index (χ1v) is 8.91. The van der Waals surface area contributed by atoms with Crippen molar-refractivity contribution < 1.29 is 14.3 Å². The first-order chi connectivity index (χ1) is 11.2. The second-order valence-electron chi connectivity index (χ2n) is 5.84. The number of aliphatic imine (C=N–C) groups is 1. The molecule has 1 fully saturated rings. The maximum atomic E-state index is 11.6. The second-order valence-corrected chi connectivity index (χ2v) is 5.84. The molecule has 0 aromatic rings. The molecule has 1 N–H and O–H groups in total. The van der Waals surface area contributed by atoms with Crippen LogP contribution in [0.5, 0.6) is 0 Å². The minimum Gasteiger partial charge on any atom is -0.469 e. The van der Waals surface area contributed by atoms with Crippen LogP contribution < -0.4 is 5.32 Å². The van der Waals surface area contributed by atoms with Crippen molar-refractivity contribution in [2.75, 3.05) is 46.5 Å². The van der Waals surface area contributed by atoms with Crippen LogP contribution in [-0.4, -0.2) is 63.3 Å². The van der Waals surface area contributed by atoms with Crippen molar-refractivity contribution in [2.45, 2.75) is 46.0 Å². The van der Waals surface area contributed by atoms with Gasteiger partial charge < -0.3 is 19.7 Å². The van der Waals surface area contributed by atoms with E-state index in [4.69, 9.17) is 9.47 Å². The van der Waals surface area contributed by atoms with Gasteiger partial charge in [-0.2, -0.15) is 0 Å². The van der Waals surface area contributed by atoms with E-state index in [2.05, 4.69) is 29.1 Å². The molecule has 0 aliphatic carbocycles. The number of halogens is 1. The zero-order chi connectivity index (χ0) is 16.9. The third kappa shape index (κ3) is 9.05. The van der Waals surface area contributed by atoms with Crippen LogP contribution in [0.15, 0.2) is 4.99 Å². The quantitative estimate of drug-likeness (QED) is 0.191. The van der Waals surface area contributed by atoms with Gasteiger partial charge in [0.2, 0.25) is 0 Å². The molecule has 1 saturated heterocycles. The number of piperidine rings is 1. The first-order valence-electron chi connectivity index (χ1n) is 8.91. The standard InChI is InChI=1S/C17H33N3O3.HI/c1-4-6-13-23-14-7-10-19-17(18-5-2)20-11-8-15(9-12-20)16(21)22-3;/h15H,4-14H2,1-3H3,(H,18,19);1H. The zero-order valence-electron chi connectivity index (χ0n) is 15.4. The summed E-state index contributed by atoms with van der Waals surface area (Å²) in [6.07, 6.45) is 4.90. The molecule has 0 aromatic carbocycles. The third-order valence-corrected chi connectivity index (χ3v) is 4.01. The SMILES string of the molecule is CCCCOCCCN=C(NCC)N1CCC(C(=O)OC)CC1.I. The second kappa shape index (κ2) is 14.7. The zero-order valence-corrected chi connectivity index (χ0v) is 17.7. The largest absolute Gasteiger partial charge is 0.469 e. The monoisotopic (exact) mass is 455 g/mol. The Labute approximate surface area is 163 Å². The summed E-state index contributed by atoms with van der Waals surface area (Å²) in [7, 11) is 1.46. The van der Waals surface area contributed by atoms with Crippen LogP contribution >= 0.6 is 24.0 Å². The normalized spacial score (nSPS) is 15.8. The van der Waals surface area contributed by atoms with Crippen molar-refractivity contribution in [1.82, 2.24) is 10.2 Å². The number of esters is 1. The Morgan fingerprint density at radius 1 is 1.21 bits per heavy atom. The number of hydrogen-bond acceptors (Lipinski definition) is 4. The molecule has 7 heteroatoms. The summed E-state index contributed by atoms with van der Waals surface area (Å²) in [6, 6.07) is 0. The van der Waals surface area contributed by atoms with Gasteiger partial charge in [-0.15, -0.1) is 24.0 Å². The molecule has 6 nitrogen and oxygen atoms in total. The van der Waals surface area contributed by atoms with Crippen LogP contribution in [-0.2, 0) is 14.3 Å². The van der Waals surface area contributed by atoms with Crippen molar-refractivity contribution in [3.8, 4) is 0 Å². The molecule has 1 heterocycles. The van der Waals surface area contributed by atoms with Crippen LogP contribution in [0.2, 0.25) is 0 Å². The van der Waals surface area contributed by atoms with Gasteiger partial charge in [-0.25, -0.2) is 0 Å². The van der Waals surface area contributed by atoms with Crippen LogP contribution in [0.25, 0.3) is 0 Å². The lowest BCUT2D eigenvalue weighted by molar-refractivity contribution is -0.146. The average molecular weight is 455 g/mol. The van der Waals surface area contributed by atoms with E-state index < -0.39 is 0 Å². The lowest BCUT2D eigenvalue weighted by atomic mass is 9.97. The van der Waals surface area contributed by atoms with Crippen molar-refractivity contribution in [3.05, 3.63) is 0 Å². The number of likely N-dealkylation sites (tertiary alicyclic amines) is 1. The van der Waals surface area contributed by atoms with Crippen molar-refractivity contribution in [2.24, 2.45) is 10.9 Å². The summed E-state index contributed by atoms with van der Waals surface area (Å²) < 4.78 is 10.4. The molecule has 0 aromatic heterocycles. The number of ether oxygens (including phenoxy) is 2. The predicted molar refractivity (Wildman–Crippen MR) is 108 cm³/mol. The highest BCUT2D eigenvalue weighted by atomic mass is 127. The van der Waals surface area contributed by atoms with E-state index in [0.717, 1.165) is 71.0 Å². The number of guanidine groups is 1. The first kappa shape index (κ1) is 23.4. The molecular formula is C17H34IN3O3. The summed E-state index contributed by atoms with van der Waals surface area (Å²) in [5, 5.41) is 3.34. The highest BCUT2D eigenvalue weighted by Crippen LogP contribution is 2.18. The number of unbranched alkanes of at least 4 members (excludes halogenated alkanes) is 1. The van der Waals surface area contributed by atoms with Crippen LogP contribution in [0.1, 0.15) is 46.0 Å². The highest BCUT2D eigenvalue weighted by molar-refractivity contribution is 14.0. The van der Waals surface area contributed by atoms with Gasteiger partial charge in [-0.05, 0) is 32.6 Å². The predicted octanol–water partition coefficient (Wildman–Crippen LogP) is 2.66. The Bertz CT molecular complexity index is 359. The van der Waals surface area contributed by atoms with E-state index in [1.807, 2.05) is 0 Å². The van der Waals surface area contributed by atoms with E-state index >= 15 is 0 Å². The molecule has 1 aliphatic rings. The van der Waals surface area contributed by atoms with Crippen molar-refractivity contribution in [3.63, 3.8) is 0 Å². The molecule has 0 radical (unpaired) electrons. The lowest BCUT2D eigenvalue weighted by Crippen LogP contribution is -2.46. The fourth-order valence-corrected chi connectivity index (χ4v) is 2.62. The lowest BCUT2D eigenvalue weighted by Gasteiger charge is -2.33. The molecule has 0 saturated carbocycles. The number of rotatable bonds is 9. The molecular weight excluding hydrogens is 421 g/mol. The van der Waals surface area contributed by atoms with Crippen LogP contribution in [0, 0.1) is 5.92 Å². The smallest absolute Gasteiger partial charge is 0.308 e. The Morgan fingerprint density at radius 2 is 1.88 bits per heavy atom. The van der Waals surface area contributed by atoms with Crippen molar-refractivity contribution in [1.29, 1.82) is 0 Å². The molecule has 0 unspecified atom stereocenters. The number of nitrogens with zero attached hydrogens (tertiary/aromatic N) is 2. The van der Waals surface area contributed by atoms with Gasteiger partial charge in [0, 0.05) is 39.4 Å². The number of nitrogens with one attached hydrogen (secondary N) is 1. The number of methoxy groups -OCH3 is 1. The fraction of sp³-hybridized carbons (Fsp3) is 0.882. The number of carbonyl (C=O) groups is 1. The Morgan fingerprint density at radius 3 is 2.46 bits per heavy atom. The van der Waals surface area contributed by atoms with Gasteiger partial charge in [-0.3, -0.25) is 9.79 Å². The van der Waals surface area contributed by atoms with Gasteiger partial charge in [0.25, 0.3) is 0 Å².